The first-order chi connectivity index (χ1) is 11.6. The Morgan fingerprint density at radius 2 is 1.96 bits per heavy atom. The van der Waals surface area contributed by atoms with Gasteiger partial charge in [-0.05, 0) is 38.2 Å². The number of benzene rings is 1. The van der Waals surface area contributed by atoms with Crippen LogP contribution in [0.25, 0.3) is 0 Å². The average Bonchev–Trinajstić information content (AvgIpc) is 3.33. The number of nitrogens with zero attached hydrogens (tertiary/aromatic N) is 2. The van der Waals surface area contributed by atoms with E-state index in [1.165, 1.54) is 24.1 Å². The molecule has 24 heavy (non-hydrogen) atoms. The van der Waals surface area contributed by atoms with Crippen LogP contribution < -0.4 is 10.6 Å². The summed E-state index contributed by atoms with van der Waals surface area (Å²) in [4.78, 5) is 16.4. The van der Waals surface area contributed by atoms with Gasteiger partial charge in [-0.15, -0.1) is 0 Å². The van der Waals surface area contributed by atoms with Crippen LogP contribution in [0.2, 0.25) is 0 Å². The number of carbonyl (C=O) groups is 1. The maximum Gasteiger partial charge on any atom is 0.315 e. The number of aromatic nitrogens is 2. The summed E-state index contributed by atoms with van der Waals surface area (Å²) in [5.41, 5.74) is 3.53. The van der Waals surface area contributed by atoms with Crippen LogP contribution in [0.3, 0.4) is 0 Å². The second-order valence-electron chi connectivity index (χ2n) is 6.71. The number of rotatable bonds is 7. The van der Waals surface area contributed by atoms with E-state index in [0.29, 0.717) is 13.1 Å². The monoisotopic (exact) mass is 326 g/mol. The lowest BCUT2D eigenvalue weighted by Crippen LogP contribution is -2.36. The maximum absolute atomic E-state index is 11.9. The highest BCUT2D eigenvalue weighted by Gasteiger charge is 2.23. The molecule has 3 rings (SSSR count). The first-order valence-electron chi connectivity index (χ1n) is 8.70. The zero-order valence-electron chi connectivity index (χ0n) is 14.5. The Bertz CT molecular complexity index is 686. The van der Waals surface area contributed by atoms with Crippen molar-refractivity contribution in [3.8, 4) is 0 Å². The highest BCUT2D eigenvalue weighted by Crippen LogP contribution is 2.31. The van der Waals surface area contributed by atoms with Crippen LogP contribution >= 0.6 is 0 Å². The second kappa shape index (κ2) is 7.51. The Hall–Kier alpha value is -2.30. The van der Waals surface area contributed by atoms with Gasteiger partial charge in [0.05, 0.1) is 0 Å². The van der Waals surface area contributed by atoms with Gasteiger partial charge in [0.1, 0.15) is 5.82 Å². The van der Waals surface area contributed by atoms with E-state index in [0.717, 1.165) is 30.3 Å². The Kier molecular flexibility index (Phi) is 5.18. The Morgan fingerprint density at radius 1 is 1.21 bits per heavy atom. The molecule has 1 saturated carbocycles. The van der Waals surface area contributed by atoms with Crippen LogP contribution in [0.4, 0.5) is 4.79 Å². The second-order valence-corrected chi connectivity index (χ2v) is 6.71. The molecule has 0 bridgehead atoms. The standard InChI is InChI=1S/C19H26N4O/c1-14-3-5-16(6-4-14)12-22-19(24)20-10-9-18-21-11-15(2)23(18)13-17-7-8-17/h3-6,11,17H,7-10,12-13H2,1-2H3,(H2,20,22,24). The summed E-state index contributed by atoms with van der Waals surface area (Å²) < 4.78 is 2.30. The topological polar surface area (TPSA) is 59.0 Å². The first-order valence-corrected chi connectivity index (χ1v) is 8.70. The van der Waals surface area contributed by atoms with Crippen molar-refractivity contribution in [3.05, 3.63) is 53.1 Å². The summed E-state index contributed by atoms with van der Waals surface area (Å²) in [6.45, 7) is 6.36. The van der Waals surface area contributed by atoms with Crippen molar-refractivity contribution >= 4 is 6.03 Å². The number of carbonyl (C=O) groups excluding carboxylic acids is 1. The van der Waals surface area contributed by atoms with Crippen LogP contribution in [0.15, 0.2) is 30.5 Å². The lowest BCUT2D eigenvalue weighted by molar-refractivity contribution is 0.240. The minimum absolute atomic E-state index is 0.132. The van der Waals surface area contributed by atoms with E-state index in [4.69, 9.17) is 0 Å². The van der Waals surface area contributed by atoms with Crippen molar-refractivity contribution in [3.63, 3.8) is 0 Å². The van der Waals surface area contributed by atoms with Crippen molar-refractivity contribution in [2.75, 3.05) is 6.54 Å². The van der Waals surface area contributed by atoms with E-state index in [1.54, 1.807) is 0 Å². The van der Waals surface area contributed by atoms with Gasteiger partial charge < -0.3 is 15.2 Å². The summed E-state index contributed by atoms with van der Waals surface area (Å²) in [5, 5.41) is 5.80. The zero-order valence-corrected chi connectivity index (χ0v) is 14.5. The van der Waals surface area contributed by atoms with E-state index >= 15 is 0 Å². The minimum atomic E-state index is -0.132. The SMILES string of the molecule is Cc1ccc(CNC(=O)NCCc2ncc(C)n2CC2CC2)cc1. The van der Waals surface area contributed by atoms with Crippen LogP contribution in [0.1, 0.15) is 35.5 Å². The van der Waals surface area contributed by atoms with Crippen LogP contribution in [0.5, 0.6) is 0 Å². The molecule has 128 valence electrons. The first kappa shape index (κ1) is 16.6. The Labute approximate surface area is 143 Å². The number of amides is 2. The molecule has 2 aromatic rings. The molecule has 0 aliphatic heterocycles. The van der Waals surface area contributed by atoms with E-state index in [9.17, 15) is 4.79 Å². The highest BCUT2D eigenvalue weighted by molar-refractivity contribution is 5.73. The summed E-state index contributed by atoms with van der Waals surface area (Å²) in [6.07, 6.45) is 5.35. The van der Waals surface area contributed by atoms with Gasteiger partial charge in [-0.3, -0.25) is 0 Å². The van der Waals surface area contributed by atoms with E-state index < -0.39 is 0 Å². The fraction of sp³-hybridized carbons (Fsp3) is 0.474. The zero-order chi connectivity index (χ0) is 16.9. The van der Waals surface area contributed by atoms with Gasteiger partial charge >= 0.3 is 6.03 Å². The van der Waals surface area contributed by atoms with Crippen molar-refractivity contribution in [1.82, 2.24) is 20.2 Å². The molecule has 0 atom stereocenters. The van der Waals surface area contributed by atoms with Crippen LogP contribution in [-0.4, -0.2) is 22.1 Å². The van der Waals surface area contributed by atoms with Crippen molar-refractivity contribution < 1.29 is 4.79 Å². The number of aryl methyl sites for hydroxylation is 2. The largest absolute Gasteiger partial charge is 0.338 e. The number of imidazole rings is 1. The van der Waals surface area contributed by atoms with Crippen LogP contribution in [0, 0.1) is 19.8 Å². The molecule has 0 radical (unpaired) electrons. The third-order valence-electron chi connectivity index (χ3n) is 4.48. The molecule has 1 aliphatic carbocycles. The summed E-state index contributed by atoms with van der Waals surface area (Å²) in [5.74, 6) is 1.89. The van der Waals surface area contributed by atoms with Gasteiger partial charge in [0.15, 0.2) is 0 Å². The van der Waals surface area contributed by atoms with E-state index in [1.807, 2.05) is 18.3 Å². The molecule has 5 nitrogen and oxygen atoms in total. The maximum atomic E-state index is 11.9. The molecule has 0 spiro atoms. The third-order valence-corrected chi connectivity index (χ3v) is 4.48. The van der Waals surface area contributed by atoms with E-state index in [2.05, 4.69) is 46.2 Å². The fourth-order valence-corrected chi connectivity index (χ4v) is 2.76. The van der Waals surface area contributed by atoms with E-state index in [-0.39, 0.29) is 6.03 Å². The predicted molar refractivity (Wildman–Crippen MR) is 94.8 cm³/mol. The summed E-state index contributed by atoms with van der Waals surface area (Å²) >= 11 is 0. The predicted octanol–water partition coefficient (Wildman–Crippen LogP) is 2.95. The fourth-order valence-electron chi connectivity index (χ4n) is 2.76. The van der Waals surface area contributed by atoms with Crippen molar-refractivity contribution in [2.45, 2.75) is 46.2 Å². The molecule has 2 N–H and O–H groups in total. The molecular formula is C19H26N4O. The van der Waals surface area contributed by atoms with Gasteiger partial charge in [-0.2, -0.15) is 0 Å². The molecule has 1 aromatic heterocycles. The smallest absolute Gasteiger partial charge is 0.315 e. The number of hydrogen-bond donors (Lipinski definition) is 2. The van der Waals surface area contributed by atoms with Gasteiger partial charge in [0, 0.05) is 37.9 Å². The quantitative estimate of drug-likeness (QED) is 0.822. The molecule has 5 heteroatoms. The highest BCUT2D eigenvalue weighted by atomic mass is 16.2. The molecule has 0 unspecified atom stereocenters. The Balaban J connectivity index is 1.41. The molecule has 0 saturated heterocycles. The lowest BCUT2D eigenvalue weighted by Gasteiger charge is -2.11. The van der Waals surface area contributed by atoms with Gasteiger partial charge in [-0.25, -0.2) is 9.78 Å². The van der Waals surface area contributed by atoms with Crippen LogP contribution in [-0.2, 0) is 19.5 Å². The summed E-state index contributed by atoms with van der Waals surface area (Å²) in [6, 6.07) is 8.04. The molecule has 1 aliphatic rings. The molecule has 1 heterocycles. The van der Waals surface area contributed by atoms with Gasteiger partial charge in [-0.1, -0.05) is 29.8 Å². The van der Waals surface area contributed by atoms with Gasteiger partial charge in [0.25, 0.3) is 0 Å². The normalized spacial score (nSPS) is 13.8. The molecule has 1 aromatic carbocycles. The summed E-state index contributed by atoms with van der Waals surface area (Å²) in [7, 11) is 0. The molecular weight excluding hydrogens is 300 g/mol. The van der Waals surface area contributed by atoms with Gasteiger partial charge in [0.2, 0.25) is 0 Å². The molecule has 2 amide bonds. The number of nitrogens with one attached hydrogen (secondary N) is 2. The number of urea groups is 1. The number of hydrogen-bond acceptors (Lipinski definition) is 2. The van der Waals surface area contributed by atoms with Crippen molar-refractivity contribution in [2.24, 2.45) is 5.92 Å². The Morgan fingerprint density at radius 3 is 2.67 bits per heavy atom. The molecule has 1 fully saturated rings. The minimum Gasteiger partial charge on any atom is -0.338 e. The lowest BCUT2D eigenvalue weighted by atomic mass is 10.1. The average molecular weight is 326 g/mol. The van der Waals surface area contributed by atoms with Crippen molar-refractivity contribution in [1.29, 1.82) is 0 Å². The third kappa shape index (κ3) is 4.60.